The smallest absolute Gasteiger partial charge is 0.397 e. The van der Waals surface area contributed by atoms with Crippen LogP contribution in [0.2, 0.25) is 0 Å². The van der Waals surface area contributed by atoms with Crippen LogP contribution < -0.4 is 4.74 Å². The summed E-state index contributed by atoms with van der Waals surface area (Å²) >= 11 is 0. The number of benzene rings is 1. The minimum atomic E-state index is -4.81. The third-order valence-electron chi connectivity index (χ3n) is 3.35. The molecule has 1 fully saturated rings. The molecule has 0 radical (unpaired) electrons. The summed E-state index contributed by atoms with van der Waals surface area (Å²) in [5, 5.41) is 40.0. The molecule has 12 nitrogen and oxygen atoms in total. The van der Waals surface area contributed by atoms with E-state index < -0.39 is 52.6 Å². The van der Waals surface area contributed by atoms with Crippen LogP contribution in [0.25, 0.3) is 0 Å². The van der Waals surface area contributed by atoms with Crippen molar-refractivity contribution in [3.8, 4) is 5.75 Å². The summed E-state index contributed by atoms with van der Waals surface area (Å²) in [5.41, 5.74) is -0.202. The van der Waals surface area contributed by atoms with E-state index in [0.29, 0.717) is 0 Å². The lowest BCUT2D eigenvalue weighted by Gasteiger charge is -2.39. The lowest BCUT2D eigenvalue weighted by Crippen LogP contribution is -2.60. The molecule has 0 bridgehead atoms. The highest BCUT2D eigenvalue weighted by molar-refractivity contribution is 7.80. The van der Waals surface area contributed by atoms with Gasteiger partial charge in [-0.05, 0) is 12.1 Å². The highest BCUT2D eigenvalue weighted by Gasteiger charge is 2.45. The molecule has 1 aliphatic rings. The summed E-state index contributed by atoms with van der Waals surface area (Å²) in [6.45, 7) is -0.843. The van der Waals surface area contributed by atoms with Gasteiger partial charge >= 0.3 is 10.4 Å². The van der Waals surface area contributed by atoms with Crippen molar-refractivity contribution in [1.29, 1.82) is 0 Å². The van der Waals surface area contributed by atoms with E-state index in [2.05, 4.69) is 4.18 Å². The fraction of sp³-hybridized carbons (Fsp3) is 0.500. The van der Waals surface area contributed by atoms with E-state index in [-0.39, 0.29) is 11.4 Å². The minimum absolute atomic E-state index is 0.0488. The zero-order valence-electron chi connectivity index (χ0n) is 12.4. The first kappa shape index (κ1) is 19.5. The molecule has 1 aliphatic heterocycles. The molecule has 1 aromatic rings. The maximum Gasteiger partial charge on any atom is 0.397 e. The van der Waals surface area contributed by atoms with Gasteiger partial charge in [-0.25, -0.2) is 4.18 Å². The van der Waals surface area contributed by atoms with Gasteiger partial charge in [0.15, 0.2) is 0 Å². The fourth-order valence-corrected chi connectivity index (χ4v) is 2.39. The molecule has 0 aliphatic carbocycles. The molecule has 1 heterocycles. The van der Waals surface area contributed by atoms with Crippen LogP contribution in [0, 0.1) is 10.1 Å². The molecule has 0 amide bonds. The van der Waals surface area contributed by atoms with Crippen LogP contribution in [-0.4, -0.2) is 70.5 Å². The van der Waals surface area contributed by atoms with Gasteiger partial charge in [0.2, 0.25) is 6.29 Å². The zero-order chi connectivity index (χ0) is 18.8. The van der Waals surface area contributed by atoms with Gasteiger partial charge in [0.25, 0.3) is 5.69 Å². The maximum absolute atomic E-state index is 10.6. The summed E-state index contributed by atoms with van der Waals surface area (Å²) in [6.07, 6.45) is -8.15. The van der Waals surface area contributed by atoms with Crippen molar-refractivity contribution in [3.05, 3.63) is 34.4 Å². The van der Waals surface area contributed by atoms with E-state index in [1.165, 1.54) is 12.1 Å². The number of nitrogens with zero attached hydrogens (tertiary/aromatic N) is 1. The Morgan fingerprint density at radius 2 is 1.72 bits per heavy atom. The lowest BCUT2D eigenvalue weighted by molar-refractivity contribution is -0.384. The van der Waals surface area contributed by atoms with Gasteiger partial charge < -0.3 is 24.8 Å². The molecule has 1 saturated heterocycles. The van der Waals surface area contributed by atoms with Gasteiger partial charge in [0, 0.05) is 12.1 Å². The fourth-order valence-electron chi connectivity index (χ4n) is 2.09. The summed E-state index contributed by atoms with van der Waals surface area (Å²) < 4.78 is 44.2. The number of hydrogen-bond acceptors (Lipinski definition) is 10. The molecule has 0 aromatic heterocycles. The van der Waals surface area contributed by atoms with Gasteiger partial charge in [0.1, 0.15) is 30.2 Å². The van der Waals surface area contributed by atoms with Crippen LogP contribution in [0.5, 0.6) is 5.75 Å². The topological polar surface area (TPSA) is 186 Å². The molecule has 2 rings (SSSR count). The number of nitro groups is 1. The highest BCUT2D eigenvalue weighted by Crippen LogP contribution is 2.26. The van der Waals surface area contributed by atoms with E-state index >= 15 is 0 Å². The Hall–Kier alpha value is -1.87. The number of hydrogen-bond donors (Lipinski definition) is 4. The second kappa shape index (κ2) is 7.57. The van der Waals surface area contributed by atoms with E-state index in [0.717, 1.165) is 12.1 Å². The molecule has 1 aromatic carbocycles. The van der Waals surface area contributed by atoms with Crippen LogP contribution in [0.15, 0.2) is 24.3 Å². The Bertz CT molecular complexity index is 706. The number of aliphatic hydroxyl groups excluding tert-OH is 3. The Morgan fingerprint density at radius 1 is 1.12 bits per heavy atom. The Labute approximate surface area is 141 Å². The first-order chi connectivity index (χ1) is 11.6. The van der Waals surface area contributed by atoms with Crippen LogP contribution in [0.1, 0.15) is 0 Å². The van der Waals surface area contributed by atoms with Crippen molar-refractivity contribution < 1.29 is 46.9 Å². The van der Waals surface area contributed by atoms with E-state index in [1.54, 1.807) is 0 Å². The average molecular weight is 381 g/mol. The van der Waals surface area contributed by atoms with E-state index in [9.17, 15) is 33.9 Å². The Morgan fingerprint density at radius 3 is 2.24 bits per heavy atom. The van der Waals surface area contributed by atoms with E-state index in [4.69, 9.17) is 14.0 Å². The number of non-ortho nitro benzene ring substituents is 1. The zero-order valence-corrected chi connectivity index (χ0v) is 13.2. The van der Waals surface area contributed by atoms with Crippen molar-refractivity contribution >= 4 is 16.1 Å². The first-order valence-electron chi connectivity index (χ1n) is 6.81. The van der Waals surface area contributed by atoms with Crippen LogP contribution >= 0.6 is 0 Å². The maximum atomic E-state index is 10.6. The quantitative estimate of drug-likeness (QED) is 0.258. The molecule has 13 heteroatoms. The van der Waals surface area contributed by atoms with Gasteiger partial charge in [0.05, 0.1) is 11.5 Å². The predicted molar refractivity (Wildman–Crippen MR) is 77.9 cm³/mol. The summed E-state index contributed by atoms with van der Waals surface area (Å²) in [6, 6.07) is 4.70. The molecule has 0 unspecified atom stereocenters. The van der Waals surface area contributed by atoms with Crippen LogP contribution in [0.4, 0.5) is 5.69 Å². The van der Waals surface area contributed by atoms with Gasteiger partial charge in [-0.3, -0.25) is 14.7 Å². The molecule has 0 spiro atoms. The molecule has 140 valence electrons. The number of rotatable bonds is 6. The number of nitro benzene ring substituents is 1. The van der Waals surface area contributed by atoms with Crippen molar-refractivity contribution in [1.82, 2.24) is 0 Å². The molecule has 0 saturated carbocycles. The summed E-state index contributed by atoms with van der Waals surface area (Å²) in [7, 11) is -4.81. The normalized spacial score (nSPS) is 30.0. The Balaban J connectivity index is 2.08. The molecular weight excluding hydrogens is 366 g/mol. The largest absolute Gasteiger partial charge is 0.462 e. The Kier molecular flexibility index (Phi) is 5.89. The van der Waals surface area contributed by atoms with Crippen LogP contribution in [-0.2, 0) is 19.3 Å². The predicted octanol–water partition coefficient (Wildman–Crippen LogP) is -1.40. The van der Waals surface area contributed by atoms with Gasteiger partial charge in [-0.15, -0.1) is 0 Å². The number of ether oxygens (including phenoxy) is 2. The minimum Gasteiger partial charge on any atom is -0.462 e. The van der Waals surface area contributed by atoms with Crippen molar-refractivity contribution in [2.75, 3.05) is 6.61 Å². The lowest BCUT2D eigenvalue weighted by atomic mass is 9.99. The number of aliphatic hydroxyl groups is 3. The third kappa shape index (κ3) is 5.05. The summed E-state index contributed by atoms with van der Waals surface area (Å²) in [4.78, 5) is 9.96. The molecule has 5 atom stereocenters. The van der Waals surface area contributed by atoms with Gasteiger partial charge in [-0.1, -0.05) is 0 Å². The SMILES string of the molecule is O=[N+]([O-])c1ccc(O[C@H]2O[C@H](COS(=O)(=O)O)[C@@H](O)[C@H](O)[C@H]2O)cc1. The second-order valence-electron chi connectivity index (χ2n) is 5.10. The summed E-state index contributed by atoms with van der Waals surface area (Å²) in [5.74, 6) is 0.0488. The molecule has 4 N–H and O–H groups in total. The third-order valence-corrected chi connectivity index (χ3v) is 3.78. The first-order valence-corrected chi connectivity index (χ1v) is 8.17. The monoisotopic (exact) mass is 381 g/mol. The van der Waals surface area contributed by atoms with Crippen LogP contribution in [0.3, 0.4) is 0 Å². The van der Waals surface area contributed by atoms with Crippen molar-refractivity contribution in [2.45, 2.75) is 30.7 Å². The molecule has 25 heavy (non-hydrogen) atoms. The van der Waals surface area contributed by atoms with E-state index in [1.807, 2.05) is 0 Å². The highest BCUT2D eigenvalue weighted by atomic mass is 32.3. The molecular formula is C12H15NO11S. The van der Waals surface area contributed by atoms with Gasteiger partial charge in [-0.2, -0.15) is 8.42 Å². The van der Waals surface area contributed by atoms with Crippen molar-refractivity contribution in [2.24, 2.45) is 0 Å². The van der Waals surface area contributed by atoms with Crippen molar-refractivity contribution in [3.63, 3.8) is 0 Å². The standard InChI is InChI=1S/C12H15NO11S/c14-9-8(5-22-25(19,20)21)24-12(11(16)10(9)15)23-7-3-1-6(2-4-7)13(17)18/h1-4,8-12,14-16H,5H2,(H,19,20,21)/t8-,9-,10+,11-,12+/m1/s1. The average Bonchev–Trinajstić information content (AvgIpc) is 2.54. The second-order valence-corrected chi connectivity index (χ2v) is 6.19.